The predicted octanol–water partition coefficient (Wildman–Crippen LogP) is 3.29. The second-order valence-electron chi connectivity index (χ2n) is 5.82. The minimum atomic E-state index is -0.132. The molecule has 1 unspecified atom stereocenters. The molecule has 1 aromatic carbocycles. The number of carbonyl (C=O) groups excluding carboxylic acids is 1. The molecule has 0 bridgehead atoms. The Bertz CT molecular complexity index is 699. The number of nitrogens with zero attached hydrogens (tertiary/aromatic N) is 1. The zero-order chi connectivity index (χ0) is 16.2. The van der Waals surface area contributed by atoms with Crippen LogP contribution < -0.4 is 15.4 Å². The van der Waals surface area contributed by atoms with Crippen molar-refractivity contribution in [2.75, 3.05) is 25.5 Å². The number of halogens is 1. The van der Waals surface area contributed by atoms with Crippen LogP contribution in [0, 0.1) is 12.8 Å². The number of methoxy groups -OCH3 is 1. The topological polar surface area (TPSA) is 63.2 Å². The number of anilines is 1. The largest absolute Gasteiger partial charge is 0.496 e. The third-order valence-corrected chi connectivity index (χ3v) is 4.88. The Morgan fingerprint density at radius 2 is 2.33 bits per heavy atom. The summed E-state index contributed by atoms with van der Waals surface area (Å²) in [7, 11) is 1.67. The van der Waals surface area contributed by atoms with Crippen LogP contribution in [0.3, 0.4) is 0 Å². The molecule has 1 saturated heterocycles. The molecule has 0 spiro atoms. The van der Waals surface area contributed by atoms with Crippen LogP contribution in [0.5, 0.6) is 5.75 Å². The van der Waals surface area contributed by atoms with E-state index in [1.165, 1.54) is 11.3 Å². The van der Waals surface area contributed by atoms with E-state index >= 15 is 0 Å². The molecule has 7 heteroatoms. The smallest absolute Gasteiger partial charge is 0.257 e. The molecule has 1 aliphatic heterocycles. The van der Waals surface area contributed by atoms with Crippen molar-refractivity contribution in [3.05, 3.63) is 40.4 Å². The number of aromatic nitrogens is 1. The highest BCUT2D eigenvalue weighted by Crippen LogP contribution is 2.26. The van der Waals surface area contributed by atoms with E-state index in [1.54, 1.807) is 19.4 Å². The average Bonchev–Trinajstić information content (AvgIpc) is 3.19. The molecular formula is C17H22ClN3O2S. The number of nitrogens with one attached hydrogen (secondary N) is 2. The first kappa shape index (κ1) is 18.7. The number of benzene rings is 1. The van der Waals surface area contributed by atoms with Gasteiger partial charge in [0.05, 0.1) is 7.11 Å². The third kappa shape index (κ3) is 4.47. The van der Waals surface area contributed by atoms with Crippen LogP contribution in [0.15, 0.2) is 24.4 Å². The van der Waals surface area contributed by atoms with Crippen molar-refractivity contribution in [1.82, 2.24) is 10.3 Å². The van der Waals surface area contributed by atoms with Crippen LogP contribution in [0.4, 0.5) is 5.13 Å². The molecule has 130 valence electrons. The van der Waals surface area contributed by atoms with E-state index in [0.29, 0.717) is 16.6 Å². The number of amides is 1. The lowest BCUT2D eigenvalue weighted by Crippen LogP contribution is -2.14. The van der Waals surface area contributed by atoms with Crippen molar-refractivity contribution in [2.24, 2.45) is 5.92 Å². The highest BCUT2D eigenvalue weighted by molar-refractivity contribution is 7.15. The van der Waals surface area contributed by atoms with Crippen LogP contribution in [-0.4, -0.2) is 31.1 Å². The van der Waals surface area contributed by atoms with Crippen molar-refractivity contribution in [2.45, 2.75) is 19.8 Å². The second-order valence-corrected chi connectivity index (χ2v) is 7.05. The molecule has 1 fully saturated rings. The van der Waals surface area contributed by atoms with Crippen LogP contribution in [-0.2, 0) is 6.42 Å². The van der Waals surface area contributed by atoms with E-state index in [-0.39, 0.29) is 18.3 Å². The summed E-state index contributed by atoms with van der Waals surface area (Å²) < 4.78 is 5.45. The maximum atomic E-state index is 12.4. The Kier molecular flexibility index (Phi) is 6.60. The lowest BCUT2D eigenvalue weighted by molar-refractivity contribution is 0.102. The number of aryl methyl sites for hydroxylation is 1. The van der Waals surface area contributed by atoms with Gasteiger partial charge in [0.1, 0.15) is 5.75 Å². The molecule has 5 nitrogen and oxygen atoms in total. The van der Waals surface area contributed by atoms with E-state index in [4.69, 9.17) is 4.74 Å². The van der Waals surface area contributed by atoms with Crippen LogP contribution >= 0.6 is 23.7 Å². The number of ether oxygens (including phenoxy) is 1. The summed E-state index contributed by atoms with van der Waals surface area (Å²) in [5, 5.41) is 6.86. The minimum Gasteiger partial charge on any atom is -0.496 e. The molecular weight excluding hydrogens is 346 g/mol. The molecule has 1 atom stereocenters. The van der Waals surface area contributed by atoms with Gasteiger partial charge in [-0.25, -0.2) is 4.98 Å². The highest BCUT2D eigenvalue weighted by atomic mass is 35.5. The van der Waals surface area contributed by atoms with Crippen molar-refractivity contribution in [1.29, 1.82) is 0 Å². The van der Waals surface area contributed by atoms with Gasteiger partial charge in [-0.2, -0.15) is 0 Å². The Morgan fingerprint density at radius 3 is 2.96 bits per heavy atom. The zero-order valence-electron chi connectivity index (χ0n) is 13.8. The van der Waals surface area contributed by atoms with E-state index < -0.39 is 0 Å². The van der Waals surface area contributed by atoms with Gasteiger partial charge < -0.3 is 10.1 Å². The predicted molar refractivity (Wildman–Crippen MR) is 99.7 cm³/mol. The lowest BCUT2D eigenvalue weighted by atomic mass is 9.96. The van der Waals surface area contributed by atoms with E-state index in [2.05, 4.69) is 15.6 Å². The maximum Gasteiger partial charge on any atom is 0.257 e. The normalized spacial score (nSPS) is 16.5. The molecule has 2 aromatic rings. The Balaban J connectivity index is 0.00000208. The van der Waals surface area contributed by atoms with Crippen molar-refractivity contribution in [3.8, 4) is 5.75 Å². The van der Waals surface area contributed by atoms with Gasteiger partial charge in [0, 0.05) is 16.6 Å². The third-order valence-electron chi connectivity index (χ3n) is 4.06. The first-order valence-electron chi connectivity index (χ1n) is 7.77. The van der Waals surface area contributed by atoms with E-state index in [9.17, 15) is 4.79 Å². The summed E-state index contributed by atoms with van der Waals surface area (Å²) in [5.41, 5.74) is 1.73. The fourth-order valence-electron chi connectivity index (χ4n) is 2.86. The zero-order valence-corrected chi connectivity index (χ0v) is 15.4. The Hall–Kier alpha value is -1.63. The van der Waals surface area contributed by atoms with Gasteiger partial charge in [-0.15, -0.1) is 23.7 Å². The number of carbonyl (C=O) groups is 1. The Morgan fingerprint density at radius 1 is 1.50 bits per heavy atom. The summed E-state index contributed by atoms with van der Waals surface area (Å²) >= 11 is 1.47. The van der Waals surface area contributed by atoms with Crippen LogP contribution in [0.1, 0.15) is 27.2 Å². The quantitative estimate of drug-likeness (QED) is 0.851. The molecule has 2 N–H and O–H groups in total. The summed E-state index contributed by atoms with van der Waals surface area (Å²) in [6.07, 6.45) is 3.85. The number of hydrogen-bond donors (Lipinski definition) is 2. The SMILES string of the molecule is COc1ccc(C(=O)Nc2ncc(C)s2)cc1CC1CCNC1.Cl. The van der Waals surface area contributed by atoms with Crippen LogP contribution in [0.2, 0.25) is 0 Å². The molecule has 2 heterocycles. The molecule has 1 aromatic heterocycles. The molecule has 3 rings (SSSR count). The van der Waals surface area contributed by atoms with Gasteiger partial charge in [0.25, 0.3) is 5.91 Å². The summed E-state index contributed by atoms with van der Waals surface area (Å²) in [6, 6.07) is 5.61. The number of hydrogen-bond acceptors (Lipinski definition) is 5. The lowest BCUT2D eigenvalue weighted by Gasteiger charge is -2.14. The summed E-state index contributed by atoms with van der Waals surface area (Å²) in [6.45, 7) is 4.06. The monoisotopic (exact) mass is 367 g/mol. The molecule has 1 amide bonds. The van der Waals surface area contributed by atoms with Gasteiger partial charge in [-0.05, 0) is 62.5 Å². The summed E-state index contributed by atoms with van der Waals surface area (Å²) in [5.74, 6) is 1.31. The van der Waals surface area contributed by atoms with Crippen molar-refractivity contribution in [3.63, 3.8) is 0 Å². The number of rotatable bonds is 5. The standard InChI is InChI=1S/C17H21N3O2S.ClH/c1-11-9-19-17(23-11)20-16(21)13-3-4-15(22-2)14(8-13)7-12-5-6-18-10-12;/h3-4,8-9,12,18H,5-7,10H2,1-2H3,(H,19,20,21);1H. The summed E-state index contributed by atoms with van der Waals surface area (Å²) in [4.78, 5) is 17.7. The van der Waals surface area contributed by atoms with Gasteiger partial charge in [-0.1, -0.05) is 0 Å². The Labute approximate surface area is 152 Å². The van der Waals surface area contributed by atoms with Crippen molar-refractivity contribution < 1.29 is 9.53 Å². The van der Waals surface area contributed by atoms with E-state index in [0.717, 1.165) is 42.1 Å². The fraction of sp³-hybridized carbons (Fsp3) is 0.412. The minimum absolute atomic E-state index is 0. The highest BCUT2D eigenvalue weighted by Gasteiger charge is 2.18. The average molecular weight is 368 g/mol. The van der Waals surface area contributed by atoms with Gasteiger partial charge in [0.15, 0.2) is 5.13 Å². The molecule has 0 radical (unpaired) electrons. The maximum absolute atomic E-state index is 12.4. The molecule has 24 heavy (non-hydrogen) atoms. The molecule has 1 aliphatic rings. The van der Waals surface area contributed by atoms with E-state index in [1.807, 2.05) is 19.1 Å². The number of thiazole rings is 1. The molecule has 0 aliphatic carbocycles. The molecule has 0 saturated carbocycles. The van der Waals surface area contributed by atoms with Gasteiger partial charge >= 0.3 is 0 Å². The van der Waals surface area contributed by atoms with Crippen molar-refractivity contribution >= 4 is 34.8 Å². The first-order valence-corrected chi connectivity index (χ1v) is 8.59. The fourth-order valence-corrected chi connectivity index (χ4v) is 3.52. The van der Waals surface area contributed by atoms with Gasteiger partial charge in [-0.3, -0.25) is 10.1 Å². The van der Waals surface area contributed by atoms with Crippen LogP contribution in [0.25, 0.3) is 0 Å². The first-order chi connectivity index (χ1) is 11.2. The van der Waals surface area contributed by atoms with Gasteiger partial charge in [0.2, 0.25) is 0 Å². The second kappa shape index (κ2) is 8.46.